The highest BCUT2D eigenvalue weighted by Gasteiger charge is 2.36. The number of pyridine rings is 1. The van der Waals surface area contributed by atoms with E-state index in [-0.39, 0.29) is 12.1 Å². The van der Waals surface area contributed by atoms with Crippen LogP contribution in [-0.2, 0) is 6.18 Å². The van der Waals surface area contributed by atoms with Gasteiger partial charge in [0.1, 0.15) is 5.69 Å². The Balaban J connectivity index is 3.06. The Morgan fingerprint density at radius 1 is 1.53 bits per heavy atom. The van der Waals surface area contributed by atoms with Crippen molar-refractivity contribution < 1.29 is 18.3 Å². The van der Waals surface area contributed by atoms with E-state index in [1.165, 1.54) is 12.1 Å². The van der Waals surface area contributed by atoms with E-state index in [1.54, 1.807) is 7.05 Å². The second-order valence-corrected chi connectivity index (χ2v) is 3.01. The van der Waals surface area contributed by atoms with E-state index in [9.17, 15) is 18.3 Å². The average molecular weight is 220 g/mol. The number of aliphatic hydroxyl groups excluding tert-OH is 1. The summed E-state index contributed by atoms with van der Waals surface area (Å²) in [6.07, 6.45) is -4.69. The molecule has 0 aliphatic heterocycles. The maximum atomic E-state index is 12.5. The van der Waals surface area contributed by atoms with Crippen LogP contribution in [0.1, 0.15) is 17.4 Å². The Bertz CT molecular complexity index is 327. The zero-order valence-corrected chi connectivity index (χ0v) is 8.04. The Kier molecular flexibility index (Phi) is 3.65. The average Bonchev–Trinajstić information content (AvgIpc) is 2.17. The Labute approximate surface area is 85.0 Å². The molecular formula is C9H11F3N2O. The molecule has 3 nitrogen and oxygen atoms in total. The van der Waals surface area contributed by atoms with Crippen LogP contribution in [-0.4, -0.2) is 23.7 Å². The lowest BCUT2D eigenvalue weighted by Crippen LogP contribution is -2.21. The topological polar surface area (TPSA) is 45.1 Å². The SMILES string of the molecule is CNCC(O)c1cccnc1C(F)(F)F. The van der Waals surface area contributed by atoms with Crippen LogP contribution in [0.25, 0.3) is 0 Å². The number of nitrogens with zero attached hydrogens (tertiary/aromatic N) is 1. The molecule has 0 spiro atoms. The van der Waals surface area contributed by atoms with Crippen molar-refractivity contribution in [2.75, 3.05) is 13.6 Å². The minimum absolute atomic E-state index is 0.0504. The van der Waals surface area contributed by atoms with Gasteiger partial charge >= 0.3 is 6.18 Å². The van der Waals surface area contributed by atoms with Crippen molar-refractivity contribution in [1.82, 2.24) is 10.3 Å². The Hall–Kier alpha value is -1.14. The molecule has 0 fully saturated rings. The summed E-state index contributed by atoms with van der Waals surface area (Å²) >= 11 is 0. The van der Waals surface area contributed by atoms with E-state index in [2.05, 4.69) is 10.3 Å². The second-order valence-electron chi connectivity index (χ2n) is 3.01. The van der Waals surface area contributed by atoms with Crippen LogP contribution >= 0.6 is 0 Å². The van der Waals surface area contributed by atoms with Crippen LogP contribution < -0.4 is 5.32 Å². The molecule has 6 heteroatoms. The highest BCUT2D eigenvalue weighted by Crippen LogP contribution is 2.32. The summed E-state index contributed by atoms with van der Waals surface area (Å²) in [4.78, 5) is 3.24. The van der Waals surface area contributed by atoms with Gasteiger partial charge in [-0.25, -0.2) is 0 Å². The fourth-order valence-corrected chi connectivity index (χ4v) is 1.23. The number of aromatic nitrogens is 1. The van der Waals surface area contributed by atoms with E-state index in [4.69, 9.17) is 0 Å². The zero-order chi connectivity index (χ0) is 11.5. The minimum atomic E-state index is -4.54. The van der Waals surface area contributed by atoms with Gasteiger partial charge in [-0.05, 0) is 13.1 Å². The lowest BCUT2D eigenvalue weighted by atomic mass is 10.1. The second kappa shape index (κ2) is 4.59. The molecule has 1 atom stereocenters. The number of nitrogens with one attached hydrogen (secondary N) is 1. The molecule has 0 radical (unpaired) electrons. The molecule has 1 aromatic heterocycles. The smallest absolute Gasteiger partial charge is 0.387 e. The molecule has 0 aliphatic carbocycles. The van der Waals surface area contributed by atoms with Crippen molar-refractivity contribution >= 4 is 0 Å². The van der Waals surface area contributed by atoms with Gasteiger partial charge in [-0.15, -0.1) is 0 Å². The standard InChI is InChI=1S/C9H11F3N2O/c1-13-5-7(15)6-3-2-4-14-8(6)9(10,11)12/h2-4,7,13,15H,5H2,1H3. The third kappa shape index (κ3) is 2.90. The molecule has 1 rings (SSSR count). The lowest BCUT2D eigenvalue weighted by molar-refractivity contribution is -0.142. The molecule has 1 aromatic rings. The van der Waals surface area contributed by atoms with Gasteiger partial charge in [0.25, 0.3) is 0 Å². The van der Waals surface area contributed by atoms with Crippen LogP contribution in [0.4, 0.5) is 13.2 Å². The molecule has 1 heterocycles. The molecule has 0 saturated heterocycles. The first-order chi connectivity index (χ1) is 6.96. The third-order valence-corrected chi connectivity index (χ3v) is 1.86. The van der Waals surface area contributed by atoms with Crippen molar-refractivity contribution in [2.45, 2.75) is 12.3 Å². The maximum Gasteiger partial charge on any atom is 0.433 e. The molecule has 1 unspecified atom stereocenters. The normalized spacial score (nSPS) is 13.9. The van der Waals surface area contributed by atoms with Gasteiger partial charge in [-0.3, -0.25) is 4.98 Å². The molecule has 0 aromatic carbocycles. The summed E-state index contributed by atoms with van der Waals surface area (Å²) in [5, 5.41) is 12.1. The van der Waals surface area contributed by atoms with Crippen molar-refractivity contribution in [3.63, 3.8) is 0 Å². The number of likely N-dealkylation sites (N-methyl/N-ethyl adjacent to an activating group) is 1. The van der Waals surface area contributed by atoms with Gasteiger partial charge in [0, 0.05) is 18.3 Å². The van der Waals surface area contributed by atoms with E-state index in [1.807, 2.05) is 0 Å². The Morgan fingerprint density at radius 2 is 2.20 bits per heavy atom. The molecular weight excluding hydrogens is 209 g/mol. The van der Waals surface area contributed by atoms with Crippen LogP contribution in [0.15, 0.2) is 18.3 Å². The third-order valence-electron chi connectivity index (χ3n) is 1.86. The first-order valence-electron chi connectivity index (χ1n) is 4.31. The highest BCUT2D eigenvalue weighted by molar-refractivity contribution is 5.24. The van der Waals surface area contributed by atoms with E-state index in [0.717, 1.165) is 6.20 Å². The number of hydrogen-bond acceptors (Lipinski definition) is 3. The summed E-state index contributed by atoms with van der Waals surface area (Å²) < 4.78 is 37.4. The van der Waals surface area contributed by atoms with Gasteiger partial charge in [-0.2, -0.15) is 13.2 Å². The van der Waals surface area contributed by atoms with Gasteiger partial charge in [-0.1, -0.05) is 6.07 Å². The van der Waals surface area contributed by atoms with Crippen LogP contribution in [0.5, 0.6) is 0 Å². The summed E-state index contributed by atoms with van der Waals surface area (Å²) in [6, 6.07) is 2.58. The zero-order valence-electron chi connectivity index (χ0n) is 8.04. The summed E-state index contributed by atoms with van der Waals surface area (Å²) in [5.41, 5.74) is -1.24. The minimum Gasteiger partial charge on any atom is -0.387 e. The first-order valence-corrected chi connectivity index (χ1v) is 4.31. The molecule has 0 aliphatic rings. The van der Waals surface area contributed by atoms with E-state index < -0.39 is 18.0 Å². The molecule has 2 N–H and O–H groups in total. The predicted molar refractivity (Wildman–Crippen MR) is 48.1 cm³/mol. The van der Waals surface area contributed by atoms with Crippen molar-refractivity contribution in [1.29, 1.82) is 0 Å². The maximum absolute atomic E-state index is 12.5. The number of aliphatic hydroxyl groups is 1. The highest BCUT2D eigenvalue weighted by atomic mass is 19.4. The lowest BCUT2D eigenvalue weighted by Gasteiger charge is -2.15. The van der Waals surface area contributed by atoms with Gasteiger partial charge in [0.2, 0.25) is 0 Å². The van der Waals surface area contributed by atoms with Crippen LogP contribution in [0, 0.1) is 0 Å². The monoisotopic (exact) mass is 220 g/mol. The number of rotatable bonds is 3. The summed E-state index contributed by atoms with van der Waals surface area (Å²) in [7, 11) is 1.55. The molecule has 0 amide bonds. The van der Waals surface area contributed by atoms with Gasteiger partial charge in [0.15, 0.2) is 0 Å². The number of halogens is 3. The van der Waals surface area contributed by atoms with Crippen LogP contribution in [0.3, 0.4) is 0 Å². The van der Waals surface area contributed by atoms with Crippen molar-refractivity contribution in [3.05, 3.63) is 29.6 Å². The predicted octanol–water partition coefficient (Wildman–Crippen LogP) is 1.35. The Morgan fingerprint density at radius 3 is 2.73 bits per heavy atom. The number of hydrogen-bond donors (Lipinski definition) is 2. The first kappa shape index (κ1) is 11.9. The largest absolute Gasteiger partial charge is 0.433 e. The fraction of sp³-hybridized carbons (Fsp3) is 0.444. The van der Waals surface area contributed by atoms with E-state index >= 15 is 0 Å². The fourth-order valence-electron chi connectivity index (χ4n) is 1.23. The van der Waals surface area contributed by atoms with Gasteiger partial charge in [0.05, 0.1) is 6.10 Å². The summed E-state index contributed by atoms with van der Waals surface area (Å²) in [6.45, 7) is 0.0504. The molecule has 0 bridgehead atoms. The van der Waals surface area contributed by atoms with Crippen molar-refractivity contribution in [2.24, 2.45) is 0 Å². The molecule has 15 heavy (non-hydrogen) atoms. The van der Waals surface area contributed by atoms with Gasteiger partial charge < -0.3 is 10.4 Å². The van der Waals surface area contributed by atoms with Crippen LogP contribution in [0.2, 0.25) is 0 Å². The summed E-state index contributed by atoms with van der Waals surface area (Å²) in [5.74, 6) is 0. The molecule has 0 saturated carbocycles. The number of alkyl halides is 3. The quantitative estimate of drug-likeness (QED) is 0.808. The van der Waals surface area contributed by atoms with Crippen molar-refractivity contribution in [3.8, 4) is 0 Å². The molecule has 84 valence electrons. The van der Waals surface area contributed by atoms with E-state index in [0.29, 0.717) is 0 Å².